The Bertz CT molecular complexity index is 31.6. The van der Waals surface area contributed by atoms with Crippen molar-refractivity contribution in [3.63, 3.8) is 0 Å². The molecule has 0 aromatic rings. The van der Waals surface area contributed by atoms with Crippen LogP contribution >= 0.6 is 9.12 Å². The maximum atomic E-state index is 8.14. The van der Waals surface area contributed by atoms with Gasteiger partial charge in [0.15, 0.2) is 0 Å². The number of hydrogen-bond donors (Lipinski definition) is 1. The first-order chi connectivity index (χ1) is 3.27. The molecule has 0 aliphatic carbocycles. The zero-order valence-electron chi connectivity index (χ0n) is 4.64. The summed E-state index contributed by atoms with van der Waals surface area (Å²) in [5.41, 5.74) is 0. The highest BCUT2D eigenvalue weighted by molar-refractivity contribution is 7.00. The van der Waals surface area contributed by atoms with Gasteiger partial charge in [-0.25, -0.2) is 0 Å². The highest BCUT2D eigenvalue weighted by Gasteiger charge is 1.81. The standard InChI is InChI=1S/C4H10O.CH4.HOP/c1-4(2)3-5;;1-2/h4-5H,3H2,1-2H3;1H4;2H. The molecule has 2 nitrogen and oxygen atoms in total. The molecule has 0 radical (unpaired) electrons. The van der Waals surface area contributed by atoms with Gasteiger partial charge in [0.1, 0.15) is 9.12 Å². The van der Waals surface area contributed by atoms with Gasteiger partial charge in [0.25, 0.3) is 0 Å². The van der Waals surface area contributed by atoms with Crippen LogP contribution in [0.15, 0.2) is 0 Å². The lowest BCUT2D eigenvalue weighted by atomic mass is 10.2. The molecule has 0 rings (SSSR count). The Morgan fingerprint density at radius 1 is 1.50 bits per heavy atom. The Labute approximate surface area is 53.5 Å². The lowest BCUT2D eigenvalue weighted by Gasteiger charge is -1.90. The molecular formula is C5H15O2P. The van der Waals surface area contributed by atoms with Crippen molar-refractivity contribution < 1.29 is 9.67 Å². The topological polar surface area (TPSA) is 37.3 Å². The largest absolute Gasteiger partial charge is 0.396 e. The fourth-order valence-electron chi connectivity index (χ4n) is 0. The minimum Gasteiger partial charge on any atom is -0.396 e. The molecule has 0 bridgehead atoms. The molecule has 0 aromatic carbocycles. The van der Waals surface area contributed by atoms with Crippen molar-refractivity contribution in [2.24, 2.45) is 5.92 Å². The number of aliphatic hydroxyl groups excluding tert-OH is 1. The fraction of sp³-hybridized carbons (Fsp3) is 1.00. The third-order valence-electron chi connectivity index (χ3n) is 0.365. The second-order valence-electron chi connectivity index (χ2n) is 1.58. The van der Waals surface area contributed by atoms with E-state index >= 15 is 0 Å². The summed E-state index contributed by atoms with van der Waals surface area (Å²) in [4.78, 5) is 0. The maximum absolute atomic E-state index is 8.14. The summed E-state index contributed by atoms with van der Waals surface area (Å²) < 4.78 is 8.06. The summed E-state index contributed by atoms with van der Waals surface area (Å²) in [6, 6.07) is 0. The lowest BCUT2D eigenvalue weighted by Crippen LogP contribution is -1.90. The molecule has 0 fully saturated rings. The van der Waals surface area contributed by atoms with Crippen LogP contribution in [0.5, 0.6) is 0 Å². The highest BCUT2D eigenvalue weighted by Crippen LogP contribution is 1.83. The van der Waals surface area contributed by atoms with Gasteiger partial charge in [-0.3, -0.25) is 4.57 Å². The van der Waals surface area contributed by atoms with Crippen LogP contribution in [0.1, 0.15) is 21.3 Å². The third kappa shape index (κ3) is 36.6. The van der Waals surface area contributed by atoms with Gasteiger partial charge in [-0.1, -0.05) is 21.3 Å². The maximum Gasteiger partial charge on any atom is 0.138 e. The molecule has 52 valence electrons. The van der Waals surface area contributed by atoms with Crippen molar-refractivity contribution in [1.29, 1.82) is 0 Å². The summed E-state index contributed by atoms with van der Waals surface area (Å²) in [5.74, 6) is 0.440. The average Bonchev–Trinajstić information content (AvgIpc) is 1.73. The van der Waals surface area contributed by atoms with E-state index in [1.54, 1.807) is 9.12 Å². The van der Waals surface area contributed by atoms with E-state index in [1.165, 1.54) is 0 Å². The summed E-state index contributed by atoms with van der Waals surface area (Å²) >= 11 is 0. The first kappa shape index (κ1) is 15.7. The molecule has 0 unspecified atom stereocenters. The van der Waals surface area contributed by atoms with Gasteiger partial charge >= 0.3 is 0 Å². The molecule has 0 aliphatic heterocycles. The van der Waals surface area contributed by atoms with Gasteiger partial charge in [0.2, 0.25) is 0 Å². The summed E-state index contributed by atoms with van der Waals surface area (Å²) in [5, 5.41) is 8.14. The van der Waals surface area contributed by atoms with Crippen LogP contribution in [-0.2, 0) is 4.57 Å². The van der Waals surface area contributed by atoms with E-state index in [0.717, 1.165) is 0 Å². The van der Waals surface area contributed by atoms with Crippen molar-refractivity contribution >= 4 is 9.12 Å². The highest BCUT2D eigenvalue weighted by atomic mass is 31.0. The molecule has 8 heavy (non-hydrogen) atoms. The van der Waals surface area contributed by atoms with Gasteiger partial charge < -0.3 is 5.11 Å². The number of rotatable bonds is 1. The number of hydrogen-bond acceptors (Lipinski definition) is 2. The molecule has 0 aromatic heterocycles. The van der Waals surface area contributed by atoms with E-state index in [1.807, 2.05) is 13.8 Å². The predicted octanol–water partition coefficient (Wildman–Crippen LogP) is 1.75. The Morgan fingerprint density at radius 3 is 1.62 bits per heavy atom. The molecule has 0 amide bonds. The van der Waals surface area contributed by atoms with E-state index in [0.29, 0.717) is 12.5 Å². The molecule has 0 aliphatic rings. The molecule has 0 saturated heterocycles. The van der Waals surface area contributed by atoms with Gasteiger partial charge in [-0.2, -0.15) is 0 Å². The SMILES string of the molecule is C.CC(C)CO.O=P. The summed E-state index contributed by atoms with van der Waals surface area (Å²) in [7, 11) is 1.72. The molecular weight excluding hydrogens is 123 g/mol. The first-order valence-corrected chi connectivity index (χ1v) is 2.49. The average molecular weight is 138 g/mol. The van der Waals surface area contributed by atoms with E-state index in [2.05, 4.69) is 0 Å². The van der Waals surface area contributed by atoms with Crippen LogP contribution in [0, 0.1) is 5.92 Å². The van der Waals surface area contributed by atoms with Gasteiger partial charge in [0, 0.05) is 6.61 Å². The molecule has 1 N–H and O–H groups in total. The van der Waals surface area contributed by atoms with Crippen LogP contribution in [-0.4, -0.2) is 11.7 Å². The van der Waals surface area contributed by atoms with E-state index in [9.17, 15) is 0 Å². The second kappa shape index (κ2) is 15.7. The minimum absolute atomic E-state index is 0. The van der Waals surface area contributed by atoms with Crippen LogP contribution < -0.4 is 0 Å². The monoisotopic (exact) mass is 138 g/mol. The minimum atomic E-state index is 0. The van der Waals surface area contributed by atoms with E-state index in [-0.39, 0.29) is 7.43 Å². The van der Waals surface area contributed by atoms with Crippen molar-refractivity contribution in [3.05, 3.63) is 0 Å². The Kier molecular flexibility index (Phi) is 30.8. The smallest absolute Gasteiger partial charge is 0.138 e. The lowest BCUT2D eigenvalue weighted by molar-refractivity contribution is 0.248. The van der Waals surface area contributed by atoms with Crippen LogP contribution in [0.2, 0.25) is 0 Å². The molecule has 0 spiro atoms. The summed E-state index contributed by atoms with van der Waals surface area (Å²) in [6.45, 7) is 4.25. The Hall–Kier alpha value is 0.0600. The molecule has 0 saturated carbocycles. The van der Waals surface area contributed by atoms with E-state index < -0.39 is 0 Å². The molecule has 3 heteroatoms. The van der Waals surface area contributed by atoms with E-state index in [4.69, 9.17) is 9.67 Å². The zero-order chi connectivity index (χ0) is 6.28. The Morgan fingerprint density at radius 2 is 1.62 bits per heavy atom. The summed E-state index contributed by atoms with van der Waals surface area (Å²) in [6.07, 6.45) is 0. The molecule has 0 heterocycles. The van der Waals surface area contributed by atoms with Crippen molar-refractivity contribution in [1.82, 2.24) is 0 Å². The van der Waals surface area contributed by atoms with Gasteiger partial charge in [0.05, 0.1) is 0 Å². The van der Waals surface area contributed by atoms with Crippen molar-refractivity contribution in [2.75, 3.05) is 6.61 Å². The van der Waals surface area contributed by atoms with Crippen LogP contribution in [0.3, 0.4) is 0 Å². The first-order valence-electron chi connectivity index (χ1n) is 2.08. The van der Waals surface area contributed by atoms with Crippen LogP contribution in [0.25, 0.3) is 0 Å². The second-order valence-corrected chi connectivity index (χ2v) is 1.58. The fourth-order valence-corrected chi connectivity index (χ4v) is 0. The third-order valence-corrected chi connectivity index (χ3v) is 0.365. The van der Waals surface area contributed by atoms with Crippen molar-refractivity contribution in [2.45, 2.75) is 21.3 Å². The van der Waals surface area contributed by atoms with Crippen LogP contribution in [0.4, 0.5) is 0 Å². The quantitative estimate of drug-likeness (QED) is 0.560. The molecule has 0 atom stereocenters. The van der Waals surface area contributed by atoms with Gasteiger partial charge in [-0.05, 0) is 5.92 Å². The number of aliphatic hydroxyl groups is 1. The van der Waals surface area contributed by atoms with Crippen molar-refractivity contribution in [3.8, 4) is 0 Å². The normalized spacial score (nSPS) is 6.50. The predicted molar refractivity (Wildman–Crippen MR) is 37.7 cm³/mol. The zero-order valence-corrected chi connectivity index (χ0v) is 5.64. The van der Waals surface area contributed by atoms with Gasteiger partial charge in [-0.15, -0.1) is 0 Å². The Balaban J connectivity index is -0.0000000750.